The fourth-order valence-electron chi connectivity index (χ4n) is 1.62. The SMILES string of the molecule is O=C1COc2ccc(Oc3cc(Cl)ncn3)cc2N1. The number of nitrogens with one attached hydrogen (secondary N) is 1. The molecule has 0 saturated heterocycles. The number of benzene rings is 1. The fraction of sp³-hybridized carbons (Fsp3) is 0.0833. The molecule has 2 heterocycles. The highest BCUT2D eigenvalue weighted by atomic mass is 35.5. The number of anilines is 1. The molecule has 0 unspecified atom stereocenters. The zero-order chi connectivity index (χ0) is 13.2. The van der Waals surface area contributed by atoms with Gasteiger partial charge in [-0.2, -0.15) is 0 Å². The molecule has 7 heteroatoms. The zero-order valence-electron chi connectivity index (χ0n) is 9.59. The van der Waals surface area contributed by atoms with Crippen LogP contribution in [0.3, 0.4) is 0 Å². The third kappa shape index (κ3) is 2.58. The molecule has 1 aliphatic heterocycles. The summed E-state index contributed by atoms with van der Waals surface area (Å²) >= 11 is 5.74. The zero-order valence-corrected chi connectivity index (χ0v) is 10.3. The second-order valence-electron chi connectivity index (χ2n) is 3.78. The van der Waals surface area contributed by atoms with Gasteiger partial charge in [-0.05, 0) is 12.1 Å². The first-order chi connectivity index (χ1) is 9.20. The van der Waals surface area contributed by atoms with Gasteiger partial charge in [0, 0.05) is 12.1 Å². The van der Waals surface area contributed by atoms with Crippen molar-refractivity contribution in [3.63, 3.8) is 0 Å². The Morgan fingerprint density at radius 2 is 2.21 bits per heavy atom. The Morgan fingerprint density at radius 1 is 1.32 bits per heavy atom. The van der Waals surface area contributed by atoms with Crippen molar-refractivity contribution in [2.24, 2.45) is 0 Å². The molecule has 0 atom stereocenters. The second-order valence-corrected chi connectivity index (χ2v) is 4.16. The van der Waals surface area contributed by atoms with E-state index in [1.807, 2.05) is 0 Å². The van der Waals surface area contributed by atoms with Crippen LogP contribution in [0.2, 0.25) is 5.15 Å². The highest BCUT2D eigenvalue weighted by molar-refractivity contribution is 6.29. The molecule has 0 bridgehead atoms. The van der Waals surface area contributed by atoms with E-state index in [0.717, 1.165) is 0 Å². The van der Waals surface area contributed by atoms with Gasteiger partial charge in [0.1, 0.15) is 23.0 Å². The molecule has 0 aliphatic carbocycles. The number of ether oxygens (including phenoxy) is 2. The predicted molar refractivity (Wildman–Crippen MR) is 67.7 cm³/mol. The number of hydrogen-bond acceptors (Lipinski definition) is 5. The molecule has 3 rings (SSSR count). The molecular formula is C12H8ClN3O3. The lowest BCUT2D eigenvalue weighted by atomic mass is 10.2. The standard InChI is InChI=1S/C12H8ClN3O3/c13-10-4-12(15-6-14-10)19-7-1-2-9-8(3-7)16-11(17)5-18-9/h1-4,6H,5H2,(H,16,17). The van der Waals surface area contributed by atoms with E-state index in [9.17, 15) is 4.79 Å². The summed E-state index contributed by atoms with van der Waals surface area (Å²) in [5, 5.41) is 2.99. The average molecular weight is 278 g/mol. The lowest BCUT2D eigenvalue weighted by Gasteiger charge is -2.18. The Bertz CT molecular complexity index is 648. The molecular weight excluding hydrogens is 270 g/mol. The maximum absolute atomic E-state index is 11.2. The molecule has 0 spiro atoms. The summed E-state index contributed by atoms with van der Waals surface area (Å²) in [5.41, 5.74) is 0.564. The molecule has 19 heavy (non-hydrogen) atoms. The van der Waals surface area contributed by atoms with Gasteiger partial charge in [-0.25, -0.2) is 9.97 Å². The number of rotatable bonds is 2. The van der Waals surface area contributed by atoms with Crippen LogP contribution in [0.1, 0.15) is 0 Å². The van der Waals surface area contributed by atoms with Crippen LogP contribution in [-0.2, 0) is 4.79 Å². The van der Waals surface area contributed by atoms with Gasteiger partial charge in [0.05, 0.1) is 5.69 Å². The first kappa shape index (κ1) is 11.7. The van der Waals surface area contributed by atoms with Crippen LogP contribution in [0, 0.1) is 0 Å². The fourth-order valence-corrected chi connectivity index (χ4v) is 1.76. The van der Waals surface area contributed by atoms with E-state index in [2.05, 4.69) is 15.3 Å². The van der Waals surface area contributed by atoms with E-state index in [4.69, 9.17) is 21.1 Å². The lowest BCUT2D eigenvalue weighted by Crippen LogP contribution is -2.25. The highest BCUT2D eigenvalue weighted by Crippen LogP contribution is 2.33. The molecule has 1 N–H and O–H groups in total. The van der Waals surface area contributed by atoms with Crippen molar-refractivity contribution >= 4 is 23.2 Å². The van der Waals surface area contributed by atoms with Crippen molar-refractivity contribution in [1.82, 2.24) is 9.97 Å². The highest BCUT2D eigenvalue weighted by Gasteiger charge is 2.16. The van der Waals surface area contributed by atoms with Crippen LogP contribution in [0.5, 0.6) is 17.4 Å². The topological polar surface area (TPSA) is 73.3 Å². The normalized spacial score (nSPS) is 13.2. The third-order valence-electron chi connectivity index (χ3n) is 2.41. The van der Waals surface area contributed by atoms with E-state index in [1.165, 1.54) is 12.4 Å². The van der Waals surface area contributed by atoms with Gasteiger partial charge in [-0.1, -0.05) is 11.6 Å². The van der Waals surface area contributed by atoms with Crippen LogP contribution in [0.4, 0.5) is 5.69 Å². The monoisotopic (exact) mass is 277 g/mol. The third-order valence-corrected chi connectivity index (χ3v) is 2.62. The van der Waals surface area contributed by atoms with Crippen LogP contribution in [0.25, 0.3) is 0 Å². The molecule has 1 amide bonds. The quantitative estimate of drug-likeness (QED) is 0.852. The smallest absolute Gasteiger partial charge is 0.262 e. The predicted octanol–water partition coefficient (Wildman–Crippen LogP) is 2.25. The molecule has 0 saturated carbocycles. The van der Waals surface area contributed by atoms with Gasteiger partial charge in [0.2, 0.25) is 5.88 Å². The first-order valence-corrected chi connectivity index (χ1v) is 5.80. The second kappa shape index (κ2) is 4.74. The maximum atomic E-state index is 11.2. The molecule has 96 valence electrons. The molecule has 0 radical (unpaired) electrons. The van der Waals surface area contributed by atoms with Crippen LogP contribution < -0.4 is 14.8 Å². The molecule has 2 aromatic rings. The Balaban J connectivity index is 1.86. The number of halogens is 1. The Labute approximate surface area is 113 Å². The number of nitrogens with zero attached hydrogens (tertiary/aromatic N) is 2. The van der Waals surface area contributed by atoms with Crippen LogP contribution in [0.15, 0.2) is 30.6 Å². The minimum absolute atomic E-state index is 0.0225. The van der Waals surface area contributed by atoms with Gasteiger partial charge in [0.25, 0.3) is 5.91 Å². The van der Waals surface area contributed by atoms with Crippen molar-refractivity contribution in [2.75, 3.05) is 11.9 Å². The maximum Gasteiger partial charge on any atom is 0.262 e. The van der Waals surface area contributed by atoms with Crippen molar-refractivity contribution < 1.29 is 14.3 Å². The number of amides is 1. The van der Waals surface area contributed by atoms with E-state index in [-0.39, 0.29) is 12.5 Å². The van der Waals surface area contributed by atoms with Crippen molar-refractivity contribution in [1.29, 1.82) is 0 Å². The Hall–Kier alpha value is -2.34. The van der Waals surface area contributed by atoms with Crippen molar-refractivity contribution in [3.8, 4) is 17.4 Å². The summed E-state index contributed by atoms with van der Waals surface area (Å²) in [4.78, 5) is 18.9. The van der Waals surface area contributed by atoms with Gasteiger partial charge in [0.15, 0.2) is 6.61 Å². The number of carbonyl (C=O) groups is 1. The van der Waals surface area contributed by atoms with Gasteiger partial charge < -0.3 is 14.8 Å². The number of carbonyl (C=O) groups excluding carboxylic acids is 1. The van der Waals surface area contributed by atoms with E-state index in [1.54, 1.807) is 18.2 Å². The van der Waals surface area contributed by atoms with Crippen molar-refractivity contribution in [2.45, 2.75) is 0 Å². The van der Waals surface area contributed by atoms with E-state index < -0.39 is 0 Å². The Morgan fingerprint density at radius 3 is 3.05 bits per heavy atom. The molecule has 1 aliphatic rings. The number of hydrogen-bond donors (Lipinski definition) is 1. The van der Waals surface area contributed by atoms with Crippen molar-refractivity contribution in [3.05, 3.63) is 35.7 Å². The number of fused-ring (bicyclic) bond motifs is 1. The Kier molecular flexibility index (Phi) is 2.92. The van der Waals surface area contributed by atoms with E-state index in [0.29, 0.717) is 28.2 Å². The average Bonchev–Trinajstić information content (AvgIpc) is 2.38. The summed E-state index contributed by atoms with van der Waals surface area (Å²) in [6.07, 6.45) is 1.31. The largest absolute Gasteiger partial charge is 0.482 e. The first-order valence-electron chi connectivity index (χ1n) is 5.43. The van der Waals surface area contributed by atoms with Gasteiger partial charge >= 0.3 is 0 Å². The van der Waals surface area contributed by atoms with Crippen LogP contribution in [-0.4, -0.2) is 22.5 Å². The summed E-state index contributed by atoms with van der Waals surface area (Å²) in [7, 11) is 0. The summed E-state index contributed by atoms with van der Waals surface area (Å²) < 4.78 is 10.8. The number of aromatic nitrogens is 2. The molecule has 6 nitrogen and oxygen atoms in total. The molecule has 1 aromatic heterocycles. The molecule has 1 aromatic carbocycles. The minimum atomic E-state index is -0.199. The summed E-state index contributed by atoms with van der Waals surface area (Å²) in [5.74, 6) is 1.24. The van der Waals surface area contributed by atoms with Crippen LogP contribution >= 0.6 is 11.6 Å². The van der Waals surface area contributed by atoms with Gasteiger partial charge in [-0.3, -0.25) is 4.79 Å². The lowest BCUT2D eigenvalue weighted by molar-refractivity contribution is -0.118. The summed E-state index contributed by atoms with van der Waals surface area (Å²) in [6.45, 7) is 0.0225. The van der Waals surface area contributed by atoms with E-state index >= 15 is 0 Å². The minimum Gasteiger partial charge on any atom is -0.482 e. The molecule has 0 fully saturated rings. The summed E-state index contributed by atoms with van der Waals surface area (Å²) in [6, 6.07) is 6.58. The van der Waals surface area contributed by atoms with Gasteiger partial charge in [-0.15, -0.1) is 0 Å².